The van der Waals surface area contributed by atoms with Crippen molar-refractivity contribution in [3.8, 4) is 0 Å². The number of nitrogens with two attached hydrogens (primary N) is 1. The molecule has 0 aliphatic carbocycles. The number of hydrogen-bond donors (Lipinski definition) is 2. The van der Waals surface area contributed by atoms with Gasteiger partial charge in [-0.15, -0.1) is 0 Å². The minimum Gasteiger partial charge on any atom is -0.396 e. The molecule has 0 aliphatic heterocycles. The molecule has 0 aromatic carbocycles. The van der Waals surface area contributed by atoms with Crippen LogP contribution < -0.4 is 5.73 Å². The van der Waals surface area contributed by atoms with Crippen LogP contribution in [0.3, 0.4) is 0 Å². The standard InChI is InChI=1S/C14H28N4O2/c1-5-17(7-8-20-6-2)9-13(19)10-18-12(4)14(15)11(3)16-18/h13,19H,5-10,15H2,1-4H3. The lowest BCUT2D eigenvalue weighted by molar-refractivity contribution is 0.0699. The summed E-state index contributed by atoms with van der Waals surface area (Å²) in [7, 11) is 0. The van der Waals surface area contributed by atoms with Gasteiger partial charge in [-0.05, 0) is 27.3 Å². The lowest BCUT2D eigenvalue weighted by Gasteiger charge is -2.23. The smallest absolute Gasteiger partial charge is 0.0862 e. The van der Waals surface area contributed by atoms with Crippen LogP contribution in [0.25, 0.3) is 0 Å². The number of aliphatic hydroxyl groups is 1. The molecule has 1 heterocycles. The fraction of sp³-hybridized carbons (Fsp3) is 0.786. The van der Waals surface area contributed by atoms with E-state index >= 15 is 0 Å². The number of aliphatic hydroxyl groups excluding tert-OH is 1. The Balaban J connectivity index is 2.48. The van der Waals surface area contributed by atoms with Crippen LogP contribution in [0.4, 0.5) is 5.69 Å². The minimum atomic E-state index is -0.464. The first-order chi connectivity index (χ1) is 9.49. The summed E-state index contributed by atoms with van der Waals surface area (Å²) in [5, 5.41) is 14.5. The van der Waals surface area contributed by atoms with Crippen LogP contribution in [0.1, 0.15) is 25.2 Å². The van der Waals surface area contributed by atoms with Crippen molar-refractivity contribution >= 4 is 5.69 Å². The van der Waals surface area contributed by atoms with Gasteiger partial charge in [0, 0.05) is 19.7 Å². The first-order valence-electron chi connectivity index (χ1n) is 7.27. The Labute approximate surface area is 121 Å². The van der Waals surface area contributed by atoms with Crippen LogP contribution in [-0.4, -0.2) is 58.7 Å². The molecule has 116 valence electrons. The average Bonchev–Trinajstić information content (AvgIpc) is 2.65. The Morgan fingerprint density at radius 1 is 1.40 bits per heavy atom. The molecule has 1 unspecified atom stereocenters. The Morgan fingerprint density at radius 2 is 2.10 bits per heavy atom. The molecule has 0 aliphatic rings. The zero-order valence-electron chi connectivity index (χ0n) is 13.1. The van der Waals surface area contributed by atoms with Crippen molar-refractivity contribution in [1.82, 2.24) is 14.7 Å². The van der Waals surface area contributed by atoms with Crippen molar-refractivity contribution in [1.29, 1.82) is 0 Å². The average molecular weight is 284 g/mol. The van der Waals surface area contributed by atoms with E-state index in [9.17, 15) is 5.11 Å². The Bertz CT molecular complexity index is 406. The van der Waals surface area contributed by atoms with E-state index in [1.807, 2.05) is 20.8 Å². The highest BCUT2D eigenvalue weighted by atomic mass is 16.5. The molecule has 3 N–H and O–H groups in total. The molecular weight excluding hydrogens is 256 g/mol. The number of anilines is 1. The van der Waals surface area contributed by atoms with Crippen LogP contribution in [-0.2, 0) is 11.3 Å². The van der Waals surface area contributed by atoms with Crippen LogP contribution in [0.15, 0.2) is 0 Å². The van der Waals surface area contributed by atoms with E-state index < -0.39 is 6.10 Å². The van der Waals surface area contributed by atoms with E-state index in [4.69, 9.17) is 10.5 Å². The molecule has 1 aromatic rings. The second kappa shape index (κ2) is 8.24. The van der Waals surface area contributed by atoms with Gasteiger partial charge in [-0.3, -0.25) is 9.58 Å². The van der Waals surface area contributed by atoms with Gasteiger partial charge in [0.2, 0.25) is 0 Å². The Hall–Kier alpha value is -1.11. The molecule has 6 nitrogen and oxygen atoms in total. The van der Waals surface area contributed by atoms with Crippen molar-refractivity contribution in [3.05, 3.63) is 11.4 Å². The predicted molar refractivity (Wildman–Crippen MR) is 80.7 cm³/mol. The van der Waals surface area contributed by atoms with Crippen molar-refractivity contribution in [2.24, 2.45) is 0 Å². The second-order valence-electron chi connectivity index (χ2n) is 5.01. The van der Waals surface area contributed by atoms with Gasteiger partial charge in [0.05, 0.1) is 36.3 Å². The molecule has 0 fully saturated rings. The second-order valence-corrected chi connectivity index (χ2v) is 5.01. The normalized spacial score (nSPS) is 13.1. The van der Waals surface area contributed by atoms with Gasteiger partial charge in [0.25, 0.3) is 0 Å². The topological polar surface area (TPSA) is 76.5 Å². The van der Waals surface area contributed by atoms with Crippen molar-refractivity contribution < 1.29 is 9.84 Å². The number of hydrogen-bond acceptors (Lipinski definition) is 5. The van der Waals surface area contributed by atoms with Gasteiger partial charge < -0.3 is 15.6 Å². The molecular formula is C14H28N4O2. The van der Waals surface area contributed by atoms with Gasteiger partial charge >= 0.3 is 0 Å². The fourth-order valence-corrected chi connectivity index (χ4v) is 2.16. The summed E-state index contributed by atoms with van der Waals surface area (Å²) in [6, 6.07) is 0. The lowest BCUT2D eigenvalue weighted by atomic mass is 10.3. The van der Waals surface area contributed by atoms with Crippen LogP contribution in [0.2, 0.25) is 0 Å². The Morgan fingerprint density at radius 3 is 2.60 bits per heavy atom. The summed E-state index contributed by atoms with van der Waals surface area (Å²) in [6.07, 6.45) is -0.464. The van der Waals surface area contributed by atoms with Crippen molar-refractivity contribution in [2.75, 3.05) is 38.6 Å². The number of nitrogen functional groups attached to an aromatic ring is 1. The third kappa shape index (κ3) is 4.77. The highest BCUT2D eigenvalue weighted by Crippen LogP contribution is 2.15. The third-order valence-corrected chi connectivity index (χ3v) is 3.49. The summed E-state index contributed by atoms with van der Waals surface area (Å²) in [5.74, 6) is 0. The highest BCUT2D eigenvalue weighted by Gasteiger charge is 2.14. The van der Waals surface area contributed by atoms with Crippen LogP contribution in [0.5, 0.6) is 0 Å². The molecule has 0 radical (unpaired) electrons. The zero-order chi connectivity index (χ0) is 15.1. The largest absolute Gasteiger partial charge is 0.396 e. The van der Waals surface area contributed by atoms with Crippen LogP contribution >= 0.6 is 0 Å². The van der Waals surface area contributed by atoms with E-state index in [2.05, 4.69) is 16.9 Å². The summed E-state index contributed by atoms with van der Waals surface area (Å²) in [5.41, 5.74) is 8.34. The summed E-state index contributed by atoms with van der Waals surface area (Å²) in [6.45, 7) is 12.1. The maximum Gasteiger partial charge on any atom is 0.0862 e. The molecule has 0 saturated heterocycles. The predicted octanol–water partition coefficient (Wildman–Crippen LogP) is 0.801. The monoisotopic (exact) mass is 284 g/mol. The van der Waals surface area contributed by atoms with Gasteiger partial charge in [-0.1, -0.05) is 6.92 Å². The molecule has 0 spiro atoms. The quantitative estimate of drug-likeness (QED) is 0.656. The summed E-state index contributed by atoms with van der Waals surface area (Å²) in [4.78, 5) is 2.18. The van der Waals surface area contributed by atoms with Gasteiger partial charge in [0.1, 0.15) is 0 Å². The number of rotatable bonds is 9. The van der Waals surface area contributed by atoms with E-state index in [1.54, 1.807) is 4.68 Å². The number of aryl methyl sites for hydroxylation is 1. The maximum absolute atomic E-state index is 10.2. The zero-order valence-corrected chi connectivity index (χ0v) is 13.1. The van der Waals surface area contributed by atoms with Crippen molar-refractivity contribution in [3.63, 3.8) is 0 Å². The van der Waals surface area contributed by atoms with Gasteiger partial charge in [0.15, 0.2) is 0 Å². The van der Waals surface area contributed by atoms with E-state index in [0.29, 0.717) is 25.4 Å². The maximum atomic E-state index is 10.2. The first-order valence-corrected chi connectivity index (χ1v) is 7.27. The molecule has 6 heteroatoms. The fourth-order valence-electron chi connectivity index (χ4n) is 2.16. The molecule has 20 heavy (non-hydrogen) atoms. The lowest BCUT2D eigenvalue weighted by Crippen LogP contribution is -2.37. The first kappa shape index (κ1) is 16.9. The van der Waals surface area contributed by atoms with Crippen molar-refractivity contribution in [2.45, 2.75) is 40.3 Å². The van der Waals surface area contributed by atoms with Gasteiger partial charge in [-0.2, -0.15) is 5.10 Å². The SMILES string of the molecule is CCOCCN(CC)CC(O)Cn1nc(C)c(N)c1C. The highest BCUT2D eigenvalue weighted by molar-refractivity contribution is 5.46. The molecule has 1 rings (SSSR count). The molecule has 0 saturated carbocycles. The van der Waals surface area contributed by atoms with E-state index in [0.717, 1.165) is 31.1 Å². The summed E-state index contributed by atoms with van der Waals surface area (Å²) >= 11 is 0. The summed E-state index contributed by atoms with van der Waals surface area (Å²) < 4.78 is 7.13. The molecule has 1 atom stereocenters. The minimum absolute atomic E-state index is 0.464. The Kier molecular flexibility index (Phi) is 6.98. The van der Waals surface area contributed by atoms with E-state index in [1.165, 1.54) is 0 Å². The molecule has 0 bridgehead atoms. The van der Waals surface area contributed by atoms with Gasteiger partial charge in [-0.25, -0.2) is 0 Å². The molecule has 0 amide bonds. The van der Waals surface area contributed by atoms with Crippen LogP contribution in [0, 0.1) is 13.8 Å². The number of likely N-dealkylation sites (N-methyl/N-ethyl adjacent to an activating group) is 1. The molecule has 1 aromatic heterocycles. The third-order valence-electron chi connectivity index (χ3n) is 3.49. The van der Waals surface area contributed by atoms with E-state index in [-0.39, 0.29) is 0 Å². The number of aromatic nitrogens is 2. The number of ether oxygens (including phenoxy) is 1. The number of nitrogens with zero attached hydrogens (tertiary/aromatic N) is 3.